The number of rotatable bonds is 9. The monoisotopic (exact) mass is 544 g/mol. The lowest BCUT2D eigenvalue weighted by Crippen LogP contribution is -2.32. The second-order valence-corrected chi connectivity index (χ2v) is 8.74. The van der Waals surface area contributed by atoms with Crippen molar-refractivity contribution in [3.63, 3.8) is 0 Å². The maximum Gasteiger partial charge on any atom is 0.433 e. The van der Waals surface area contributed by atoms with Crippen LogP contribution in [0.15, 0.2) is 48.5 Å². The Hall–Kier alpha value is -3.31. The van der Waals surface area contributed by atoms with Crippen LogP contribution in [0.4, 0.5) is 30.7 Å². The summed E-state index contributed by atoms with van der Waals surface area (Å²) in [4.78, 5) is 0. The highest BCUT2D eigenvalue weighted by molar-refractivity contribution is 5.65. The molecule has 204 valence electrons. The third-order valence-corrected chi connectivity index (χ3v) is 5.83. The second kappa shape index (κ2) is 11.6. The molecule has 1 aliphatic heterocycles. The van der Waals surface area contributed by atoms with Crippen LogP contribution in [0.2, 0.25) is 0 Å². The summed E-state index contributed by atoms with van der Waals surface area (Å²) >= 11 is 0. The molecule has 0 amide bonds. The number of ether oxygens (including phenoxy) is 4. The van der Waals surface area contributed by atoms with Crippen molar-refractivity contribution in [3.8, 4) is 22.6 Å². The molecule has 3 aromatic rings. The quantitative estimate of drug-likeness (QED) is 0.206. The van der Waals surface area contributed by atoms with E-state index < -0.39 is 53.8 Å². The van der Waals surface area contributed by atoms with Crippen LogP contribution in [0.5, 0.6) is 11.5 Å². The molecule has 4 rings (SSSR count). The van der Waals surface area contributed by atoms with Crippen molar-refractivity contribution >= 4 is 0 Å². The molecule has 0 radical (unpaired) electrons. The number of benzene rings is 3. The smallest absolute Gasteiger partial charge is 0.433 e. The third-order valence-electron chi connectivity index (χ3n) is 5.83. The van der Waals surface area contributed by atoms with E-state index in [-0.39, 0.29) is 40.5 Å². The van der Waals surface area contributed by atoms with Crippen molar-refractivity contribution < 1.29 is 49.7 Å². The second-order valence-electron chi connectivity index (χ2n) is 8.74. The Labute approximate surface area is 213 Å². The van der Waals surface area contributed by atoms with Crippen LogP contribution >= 0.6 is 0 Å². The van der Waals surface area contributed by atoms with Crippen molar-refractivity contribution in [1.82, 2.24) is 0 Å². The average molecular weight is 544 g/mol. The van der Waals surface area contributed by atoms with Crippen LogP contribution in [0.25, 0.3) is 11.1 Å². The fourth-order valence-electron chi connectivity index (χ4n) is 3.96. The number of halogens is 7. The number of alkyl halides is 2. The Balaban J connectivity index is 1.39. The summed E-state index contributed by atoms with van der Waals surface area (Å²) in [6.07, 6.45) is -3.19. The minimum atomic E-state index is -4.03. The van der Waals surface area contributed by atoms with Crippen LogP contribution in [0.3, 0.4) is 0 Å². The van der Waals surface area contributed by atoms with Gasteiger partial charge in [-0.1, -0.05) is 37.6 Å². The predicted molar refractivity (Wildman–Crippen MR) is 122 cm³/mol. The van der Waals surface area contributed by atoms with E-state index >= 15 is 0 Å². The Bertz CT molecular complexity index is 1240. The standard InChI is InChI=1S/C27H23F7O4/c1-2-3-15-12-35-26(36-13-15)20-9-8-19(23(30)24(20)31)16-4-6-17(7-5-16)37-14-27(33,34)38-18-10-21(28)25(32)22(29)11-18/h4-11,15,26H,2-3,12-14H2,1H3. The van der Waals surface area contributed by atoms with Gasteiger partial charge in [0.25, 0.3) is 0 Å². The summed E-state index contributed by atoms with van der Waals surface area (Å²) in [5.74, 6) is -8.26. The average Bonchev–Trinajstić information content (AvgIpc) is 2.89. The van der Waals surface area contributed by atoms with E-state index in [9.17, 15) is 30.7 Å². The molecule has 1 fully saturated rings. The van der Waals surface area contributed by atoms with Gasteiger partial charge >= 0.3 is 6.11 Å². The van der Waals surface area contributed by atoms with Crippen molar-refractivity contribution in [2.24, 2.45) is 5.92 Å². The lowest BCUT2D eigenvalue weighted by atomic mass is 10.0. The molecule has 0 atom stereocenters. The highest BCUT2D eigenvalue weighted by Gasteiger charge is 2.34. The molecule has 38 heavy (non-hydrogen) atoms. The molecule has 0 bridgehead atoms. The van der Waals surface area contributed by atoms with Gasteiger partial charge in [0, 0.05) is 29.2 Å². The molecular formula is C27H23F7O4. The van der Waals surface area contributed by atoms with Gasteiger partial charge in [-0.25, -0.2) is 22.0 Å². The van der Waals surface area contributed by atoms with Crippen molar-refractivity contribution in [3.05, 3.63) is 83.2 Å². The lowest BCUT2D eigenvalue weighted by Gasteiger charge is -2.29. The van der Waals surface area contributed by atoms with E-state index in [2.05, 4.69) is 4.74 Å². The summed E-state index contributed by atoms with van der Waals surface area (Å²) in [7, 11) is 0. The lowest BCUT2D eigenvalue weighted by molar-refractivity contribution is -0.207. The molecule has 0 saturated carbocycles. The summed E-state index contributed by atoms with van der Waals surface area (Å²) in [5, 5.41) is 0. The van der Waals surface area contributed by atoms with E-state index in [4.69, 9.17) is 14.2 Å². The molecule has 0 spiro atoms. The van der Waals surface area contributed by atoms with Gasteiger partial charge in [-0.2, -0.15) is 8.78 Å². The van der Waals surface area contributed by atoms with E-state index in [0.717, 1.165) is 12.8 Å². The van der Waals surface area contributed by atoms with Gasteiger partial charge in [0.15, 0.2) is 42.0 Å². The first-order valence-electron chi connectivity index (χ1n) is 11.7. The van der Waals surface area contributed by atoms with Gasteiger partial charge < -0.3 is 18.9 Å². The molecule has 1 saturated heterocycles. The maximum absolute atomic E-state index is 14.9. The van der Waals surface area contributed by atoms with Gasteiger partial charge in [-0.15, -0.1) is 0 Å². The summed E-state index contributed by atoms with van der Waals surface area (Å²) in [6.45, 7) is 1.44. The topological polar surface area (TPSA) is 36.9 Å². The molecule has 1 aliphatic rings. The summed E-state index contributed by atoms with van der Waals surface area (Å²) < 4.78 is 118. The minimum absolute atomic E-state index is 0.0655. The zero-order valence-corrected chi connectivity index (χ0v) is 20.1. The Morgan fingerprint density at radius 2 is 1.45 bits per heavy atom. The molecule has 0 aliphatic carbocycles. The first-order valence-corrected chi connectivity index (χ1v) is 11.7. The molecule has 11 heteroatoms. The van der Waals surface area contributed by atoms with Gasteiger partial charge in [0.1, 0.15) is 11.5 Å². The van der Waals surface area contributed by atoms with E-state index in [1.54, 1.807) is 0 Å². The van der Waals surface area contributed by atoms with E-state index in [0.29, 0.717) is 13.2 Å². The highest BCUT2D eigenvalue weighted by atomic mass is 19.3. The fourth-order valence-corrected chi connectivity index (χ4v) is 3.96. The number of hydrogen-bond donors (Lipinski definition) is 0. The first kappa shape index (κ1) is 27.7. The molecule has 0 N–H and O–H groups in total. The summed E-state index contributed by atoms with van der Waals surface area (Å²) in [6, 6.07) is 8.42. The van der Waals surface area contributed by atoms with Gasteiger partial charge in [0.2, 0.25) is 0 Å². The van der Waals surface area contributed by atoms with Gasteiger partial charge in [-0.05, 0) is 24.1 Å². The highest BCUT2D eigenvalue weighted by Crippen LogP contribution is 2.34. The molecule has 4 nitrogen and oxygen atoms in total. The molecule has 0 unspecified atom stereocenters. The zero-order valence-electron chi connectivity index (χ0n) is 20.1. The van der Waals surface area contributed by atoms with Gasteiger partial charge in [0.05, 0.1) is 13.2 Å². The molecule has 3 aromatic carbocycles. The van der Waals surface area contributed by atoms with Crippen LogP contribution in [0.1, 0.15) is 31.6 Å². The Morgan fingerprint density at radius 3 is 2.05 bits per heavy atom. The third kappa shape index (κ3) is 6.39. The Kier molecular flexibility index (Phi) is 8.47. The van der Waals surface area contributed by atoms with E-state index in [1.807, 2.05) is 6.92 Å². The van der Waals surface area contributed by atoms with Crippen molar-refractivity contribution in [2.45, 2.75) is 32.2 Å². The SMILES string of the molecule is CCCC1COC(c2ccc(-c3ccc(OCC(F)(F)Oc4cc(F)c(F)c(F)c4)cc3)c(F)c2F)OC1. The fraction of sp³-hybridized carbons (Fsp3) is 0.333. The predicted octanol–water partition coefficient (Wildman–Crippen LogP) is 7.56. The van der Waals surface area contributed by atoms with Crippen LogP contribution < -0.4 is 9.47 Å². The van der Waals surface area contributed by atoms with Crippen LogP contribution in [-0.2, 0) is 9.47 Å². The minimum Gasteiger partial charge on any atom is -0.483 e. The van der Waals surface area contributed by atoms with Crippen molar-refractivity contribution in [1.29, 1.82) is 0 Å². The Morgan fingerprint density at radius 1 is 0.816 bits per heavy atom. The number of hydrogen-bond acceptors (Lipinski definition) is 4. The van der Waals surface area contributed by atoms with Gasteiger partial charge in [-0.3, -0.25) is 0 Å². The first-order chi connectivity index (χ1) is 18.1. The largest absolute Gasteiger partial charge is 0.483 e. The van der Waals surface area contributed by atoms with Crippen LogP contribution in [0, 0.1) is 35.0 Å². The molecule has 0 aromatic heterocycles. The molecular weight excluding hydrogens is 521 g/mol. The van der Waals surface area contributed by atoms with E-state index in [1.165, 1.54) is 36.4 Å². The van der Waals surface area contributed by atoms with Crippen LogP contribution in [-0.4, -0.2) is 25.9 Å². The maximum atomic E-state index is 14.9. The molecule has 1 heterocycles. The van der Waals surface area contributed by atoms with Crippen molar-refractivity contribution in [2.75, 3.05) is 19.8 Å². The normalized spacial score (nSPS) is 17.9. The zero-order chi connectivity index (χ0) is 27.4. The summed E-state index contributed by atoms with van der Waals surface area (Å²) in [5.41, 5.74) is 0.102.